The summed E-state index contributed by atoms with van der Waals surface area (Å²) in [5.74, 6) is -0.379. The molecule has 2 heterocycles. The topological polar surface area (TPSA) is 86.4 Å². The third-order valence-electron chi connectivity index (χ3n) is 5.28. The third kappa shape index (κ3) is 4.75. The van der Waals surface area contributed by atoms with Crippen molar-refractivity contribution in [2.75, 3.05) is 26.2 Å². The molecule has 0 aliphatic carbocycles. The van der Waals surface area contributed by atoms with Gasteiger partial charge in [-0.3, -0.25) is 9.89 Å². The predicted octanol–water partition coefficient (Wildman–Crippen LogP) is 3.90. The number of carbonyl (C=O) groups is 1. The summed E-state index contributed by atoms with van der Waals surface area (Å²) in [6.45, 7) is -0.194. The zero-order valence-corrected chi connectivity index (χ0v) is 18.6. The van der Waals surface area contributed by atoms with Gasteiger partial charge >= 0.3 is 6.18 Å². The van der Waals surface area contributed by atoms with E-state index in [-0.39, 0.29) is 37.8 Å². The molecule has 0 radical (unpaired) electrons. The molecular weight excluding hydrogens is 481 g/mol. The van der Waals surface area contributed by atoms with E-state index in [2.05, 4.69) is 10.2 Å². The Morgan fingerprint density at radius 3 is 2.27 bits per heavy atom. The smallest absolute Gasteiger partial charge is 0.335 e. The number of hydrogen-bond donors (Lipinski definition) is 1. The van der Waals surface area contributed by atoms with E-state index in [1.807, 2.05) is 0 Å². The van der Waals surface area contributed by atoms with Crippen molar-refractivity contribution in [1.29, 1.82) is 0 Å². The van der Waals surface area contributed by atoms with Gasteiger partial charge in [0.05, 0.1) is 16.2 Å². The molecule has 33 heavy (non-hydrogen) atoms. The van der Waals surface area contributed by atoms with Crippen LogP contribution in [0.3, 0.4) is 0 Å². The second kappa shape index (κ2) is 8.81. The van der Waals surface area contributed by atoms with Crippen molar-refractivity contribution in [3.8, 4) is 11.3 Å². The maximum absolute atomic E-state index is 13.3. The van der Waals surface area contributed by atoms with Crippen LogP contribution in [0.1, 0.15) is 16.1 Å². The maximum atomic E-state index is 13.3. The highest BCUT2D eigenvalue weighted by atomic mass is 35.5. The Hall–Kier alpha value is -2.89. The number of halogens is 4. The fourth-order valence-corrected chi connectivity index (χ4v) is 5.33. The minimum absolute atomic E-state index is 0.0293. The number of hydrogen-bond acceptors (Lipinski definition) is 4. The zero-order chi connectivity index (χ0) is 23.8. The molecule has 1 fully saturated rings. The van der Waals surface area contributed by atoms with Gasteiger partial charge in [0.1, 0.15) is 5.69 Å². The van der Waals surface area contributed by atoms with E-state index < -0.39 is 26.7 Å². The molecule has 7 nitrogen and oxygen atoms in total. The first-order chi connectivity index (χ1) is 15.6. The van der Waals surface area contributed by atoms with E-state index in [0.29, 0.717) is 10.7 Å². The average molecular weight is 499 g/mol. The molecule has 2 aromatic carbocycles. The number of aromatic nitrogens is 2. The van der Waals surface area contributed by atoms with Crippen molar-refractivity contribution < 1.29 is 26.4 Å². The maximum Gasteiger partial charge on any atom is 0.417 e. The number of amides is 1. The van der Waals surface area contributed by atoms with Crippen molar-refractivity contribution in [3.05, 3.63) is 70.9 Å². The highest BCUT2D eigenvalue weighted by molar-refractivity contribution is 7.89. The molecule has 1 aliphatic heterocycles. The van der Waals surface area contributed by atoms with Gasteiger partial charge in [0.2, 0.25) is 10.0 Å². The van der Waals surface area contributed by atoms with E-state index in [1.165, 1.54) is 11.0 Å². The summed E-state index contributed by atoms with van der Waals surface area (Å²) in [6.07, 6.45) is -4.80. The van der Waals surface area contributed by atoms with Gasteiger partial charge in [-0.25, -0.2) is 8.42 Å². The van der Waals surface area contributed by atoms with E-state index >= 15 is 0 Å². The van der Waals surface area contributed by atoms with Crippen molar-refractivity contribution in [2.24, 2.45) is 0 Å². The van der Waals surface area contributed by atoms with Crippen LogP contribution >= 0.6 is 11.6 Å². The van der Waals surface area contributed by atoms with Crippen LogP contribution in [0.4, 0.5) is 13.2 Å². The van der Waals surface area contributed by atoms with Crippen LogP contribution in [-0.2, 0) is 16.2 Å². The summed E-state index contributed by atoms with van der Waals surface area (Å²) in [5.41, 5.74) is 0.309. The van der Waals surface area contributed by atoms with Gasteiger partial charge in [-0.05, 0) is 30.3 Å². The van der Waals surface area contributed by atoms with Gasteiger partial charge < -0.3 is 4.90 Å². The number of nitrogens with one attached hydrogen (secondary N) is 1. The molecule has 1 N–H and O–H groups in total. The standard InChI is InChI=1S/C21H18ClF3N4O3S/c22-15-7-5-14(6-8-15)17-13-18(27-26-17)20(30)28-9-11-29(12-10-28)33(31,32)19-4-2-1-3-16(19)21(23,24)25/h1-8,13H,9-12H2,(H,26,27). The third-order valence-corrected chi connectivity index (χ3v) is 7.49. The number of aromatic amines is 1. The first kappa shape index (κ1) is 23.3. The molecule has 0 unspecified atom stereocenters. The quantitative estimate of drug-likeness (QED) is 0.591. The average Bonchev–Trinajstić information content (AvgIpc) is 3.29. The first-order valence-corrected chi connectivity index (χ1v) is 11.7. The second-order valence-corrected chi connectivity index (χ2v) is 9.71. The molecule has 1 amide bonds. The molecule has 0 saturated carbocycles. The summed E-state index contributed by atoms with van der Waals surface area (Å²) >= 11 is 5.88. The fraction of sp³-hybridized carbons (Fsp3) is 0.238. The van der Waals surface area contributed by atoms with Gasteiger partial charge in [-0.2, -0.15) is 22.6 Å². The molecule has 4 rings (SSSR count). The molecule has 174 valence electrons. The minimum atomic E-state index is -4.80. The summed E-state index contributed by atoms with van der Waals surface area (Å²) in [4.78, 5) is 13.5. The van der Waals surface area contributed by atoms with Crippen LogP contribution in [0.5, 0.6) is 0 Å². The second-order valence-electron chi connectivity index (χ2n) is 7.36. The van der Waals surface area contributed by atoms with Crippen molar-refractivity contribution in [3.63, 3.8) is 0 Å². The largest absolute Gasteiger partial charge is 0.417 e. The molecule has 0 spiro atoms. The lowest BCUT2D eigenvalue weighted by molar-refractivity contribution is -0.139. The predicted molar refractivity (Wildman–Crippen MR) is 115 cm³/mol. The Morgan fingerprint density at radius 2 is 1.64 bits per heavy atom. The Balaban J connectivity index is 1.46. The first-order valence-electron chi connectivity index (χ1n) is 9.84. The Morgan fingerprint density at radius 1 is 1.00 bits per heavy atom. The summed E-state index contributed by atoms with van der Waals surface area (Å²) in [7, 11) is -4.38. The molecular formula is C21H18ClF3N4O3S. The molecule has 0 bridgehead atoms. The van der Waals surface area contributed by atoms with Gasteiger partial charge in [-0.1, -0.05) is 35.9 Å². The number of benzene rings is 2. The molecule has 3 aromatic rings. The van der Waals surface area contributed by atoms with Gasteiger partial charge in [-0.15, -0.1) is 0 Å². The van der Waals surface area contributed by atoms with Gasteiger partial charge in [0.15, 0.2) is 0 Å². The number of carbonyl (C=O) groups excluding carboxylic acids is 1. The van der Waals surface area contributed by atoms with Crippen LogP contribution in [0.15, 0.2) is 59.5 Å². The number of piperazine rings is 1. The van der Waals surface area contributed by atoms with E-state index in [0.717, 1.165) is 28.1 Å². The Bertz CT molecular complexity index is 1270. The molecule has 0 atom stereocenters. The van der Waals surface area contributed by atoms with Crippen LogP contribution < -0.4 is 0 Å². The van der Waals surface area contributed by atoms with E-state index in [1.54, 1.807) is 30.3 Å². The van der Waals surface area contributed by atoms with Gasteiger partial charge in [0, 0.05) is 36.8 Å². The normalized spacial score (nSPS) is 15.6. The summed E-state index contributed by atoms with van der Waals surface area (Å²) in [5, 5.41) is 7.37. The van der Waals surface area contributed by atoms with Gasteiger partial charge in [0.25, 0.3) is 5.91 Å². The number of rotatable bonds is 4. The minimum Gasteiger partial charge on any atom is -0.335 e. The lowest BCUT2D eigenvalue weighted by atomic mass is 10.1. The Kier molecular flexibility index (Phi) is 6.21. The highest BCUT2D eigenvalue weighted by Crippen LogP contribution is 2.35. The number of sulfonamides is 1. The number of nitrogens with zero attached hydrogens (tertiary/aromatic N) is 3. The monoisotopic (exact) mass is 498 g/mol. The number of H-pyrrole nitrogens is 1. The van der Waals surface area contributed by atoms with E-state index in [9.17, 15) is 26.4 Å². The summed E-state index contributed by atoms with van der Waals surface area (Å²) < 4.78 is 66.6. The lowest BCUT2D eigenvalue weighted by Gasteiger charge is -2.34. The van der Waals surface area contributed by atoms with Crippen LogP contribution in [0, 0.1) is 0 Å². The summed E-state index contributed by atoms with van der Waals surface area (Å²) in [6, 6.07) is 12.6. The van der Waals surface area contributed by atoms with Crippen molar-refractivity contribution >= 4 is 27.5 Å². The molecule has 1 aliphatic rings. The van der Waals surface area contributed by atoms with Crippen LogP contribution in [-0.4, -0.2) is 59.9 Å². The van der Waals surface area contributed by atoms with Crippen molar-refractivity contribution in [1.82, 2.24) is 19.4 Å². The molecule has 12 heteroatoms. The number of alkyl halides is 3. The van der Waals surface area contributed by atoms with Crippen LogP contribution in [0.2, 0.25) is 5.02 Å². The van der Waals surface area contributed by atoms with Crippen molar-refractivity contribution in [2.45, 2.75) is 11.1 Å². The SMILES string of the molecule is O=C(c1cc(-c2ccc(Cl)cc2)n[nH]1)N1CCN(S(=O)(=O)c2ccccc2C(F)(F)F)CC1. The highest BCUT2D eigenvalue weighted by Gasteiger charge is 2.39. The molecule has 1 saturated heterocycles. The zero-order valence-electron chi connectivity index (χ0n) is 17.0. The Labute approximate surface area is 192 Å². The van der Waals surface area contributed by atoms with Crippen LogP contribution in [0.25, 0.3) is 11.3 Å². The molecule has 1 aromatic heterocycles. The fourth-order valence-electron chi connectivity index (χ4n) is 3.57. The van der Waals surface area contributed by atoms with E-state index in [4.69, 9.17) is 11.6 Å². The lowest BCUT2D eigenvalue weighted by Crippen LogP contribution is -2.50.